The van der Waals surface area contributed by atoms with Crippen molar-refractivity contribution in [3.63, 3.8) is 0 Å². The molecule has 27 heavy (non-hydrogen) atoms. The Kier molecular flexibility index (Phi) is 4.45. The molecule has 4 rings (SSSR count). The van der Waals surface area contributed by atoms with Crippen LogP contribution in [0.15, 0.2) is 42.6 Å². The van der Waals surface area contributed by atoms with Gasteiger partial charge in [-0.05, 0) is 28.8 Å². The number of rotatable bonds is 4. The standard InChI is InChI=1S/C20H18F2N4O/c1-26-11-17(19(25-26)16-5-4-15(21)7-18(16)22)20(27)24-8-12-2-3-13-9-23-10-14(13)6-12/h2-7,11,23H,8-10H2,1H3,(H,24,27). The minimum atomic E-state index is -0.756. The van der Waals surface area contributed by atoms with E-state index in [1.54, 1.807) is 7.05 Å². The van der Waals surface area contributed by atoms with Crippen LogP contribution in [0.2, 0.25) is 0 Å². The van der Waals surface area contributed by atoms with Gasteiger partial charge in [-0.15, -0.1) is 0 Å². The normalized spacial score (nSPS) is 12.9. The number of nitrogens with one attached hydrogen (secondary N) is 2. The summed E-state index contributed by atoms with van der Waals surface area (Å²) in [6.45, 7) is 2.05. The number of aryl methyl sites for hydroxylation is 1. The molecule has 0 saturated carbocycles. The van der Waals surface area contributed by atoms with Crippen molar-refractivity contribution in [2.24, 2.45) is 7.05 Å². The Bertz CT molecular complexity index is 1030. The highest BCUT2D eigenvalue weighted by Crippen LogP contribution is 2.25. The fourth-order valence-electron chi connectivity index (χ4n) is 3.27. The number of amides is 1. The lowest BCUT2D eigenvalue weighted by molar-refractivity contribution is 0.0951. The van der Waals surface area contributed by atoms with E-state index in [1.165, 1.54) is 28.1 Å². The second-order valence-corrected chi connectivity index (χ2v) is 6.58. The first kappa shape index (κ1) is 17.4. The number of carbonyl (C=O) groups is 1. The number of hydrogen-bond acceptors (Lipinski definition) is 3. The fraction of sp³-hybridized carbons (Fsp3) is 0.200. The summed E-state index contributed by atoms with van der Waals surface area (Å²) in [4.78, 5) is 12.7. The van der Waals surface area contributed by atoms with Gasteiger partial charge in [-0.25, -0.2) is 8.78 Å². The summed E-state index contributed by atoms with van der Waals surface area (Å²) in [5, 5.41) is 10.3. The number of halogens is 2. The third kappa shape index (κ3) is 3.46. The van der Waals surface area contributed by atoms with Gasteiger partial charge in [0.1, 0.15) is 17.3 Å². The Morgan fingerprint density at radius 2 is 2.00 bits per heavy atom. The van der Waals surface area contributed by atoms with Gasteiger partial charge in [-0.1, -0.05) is 18.2 Å². The Hall–Kier alpha value is -3.06. The number of aromatic nitrogens is 2. The minimum Gasteiger partial charge on any atom is -0.348 e. The monoisotopic (exact) mass is 368 g/mol. The van der Waals surface area contributed by atoms with Gasteiger partial charge in [0.2, 0.25) is 0 Å². The molecule has 0 saturated heterocycles. The Morgan fingerprint density at radius 3 is 2.81 bits per heavy atom. The van der Waals surface area contributed by atoms with Crippen LogP contribution in [0.5, 0.6) is 0 Å². The maximum atomic E-state index is 14.1. The number of fused-ring (bicyclic) bond motifs is 1. The summed E-state index contributed by atoms with van der Waals surface area (Å²) in [7, 11) is 1.65. The summed E-state index contributed by atoms with van der Waals surface area (Å²) in [6, 6.07) is 9.32. The zero-order valence-electron chi connectivity index (χ0n) is 14.7. The minimum absolute atomic E-state index is 0.0887. The number of benzene rings is 2. The van der Waals surface area contributed by atoms with Crippen molar-refractivity contribution >= 4 is 5.91 Å². The third-order valence-electron chi connectivity index (χ3n) is 4.61. The molecular weight excluding hydrogens is 350 g/mol. The van der Waals surface area contributed by atoms with Crippen LogP contribution < -0.4 is 10.6 Å². The maximum absolute atomic E-state index is 14.1. The lowest BCUT2D eigenvalue weighted by Gasteiger charge is -2.08. The third-order valence-corrected chi connectivity index (χ3v) is 4.61. The fourth-order valence-corrected chi connectivity index (χ4v) is 3.27. The number of nitrogens with zero attached hydrogens (tertiary/aromatic N) is 2. The van der Waals surface area contributed by atoms with Gasteiger partial charge >= 0.3 is 0 Å². The summed E-state index contributed by atoms with van der Waals surface area (Å²) >= 11 is 0. The highest BCUT2D eigenvalue weighted by Gasteiger charge is 2.20. The molecule has 138 valence electrons. The zero-order valence-corrected chi connectivity index (χ0v) is 14.7. The molecule has 0 unspecified atom stereocenters. The molecule has 1 amide bonds. The predicted octanol–water partition coefficient (Wildman–Crippen LogP) is 2.90. The molecule has 0 atom stereocenters. The van der Waals surface area contributed by atoms with Crippen molar-refractivity contribution in [3.05, 3.63) is 76.5 Å². The Labute approximate surface area is 155 Å². The highest BCUT2D eigenvalue weighted by molar-refractivity contribution is 5.99. The molecule has 0 fully saturated rings. The first-order valence-electron chi connectivity index (χ1n) is 8.60. The van der Waals surface area contributed by atoms with Gasteiger partial charge in [-0.3, -0.25) is 9.48 Å². The first-order valence-corrected chi connectivity index (χ1v) is 8.60. The molecule has 1 aliphatic rings. The first-order chi connectivity index (χ1) is 13.0. The molecule has 2 heterocycles. The molecule has 2 aromatic carbocycles. The zero-order chi connectivity index (χ0) is 19.0. The van der Waals surface area contributed by atoms with Crippen molar-refractivity contribution in [2.75, 3.05) is 0 Å². The molecule has 5 nitrogen and oxygen atoms in total. The average molecular weight is 368 g/mol. The quantitative estimate of drug-likeness (QED) is 0.745. The van der Waals surface area contributed by atoms with Crippen LogP contribution in [0.25, 0.3) is 11.3 Å². The van der Waals surface area contributed by atoms with Gasteiger partial charge in [0.05, 0.1) is 5.56 Å². The van der Waals surface area contributed by atoms with E-state index in [0.29, 0.717) is 6.54 Å². The molecule has 0 aliphatic carbocycles. The number of hydrogen-bond donors (Lipinski definition) is 2. The van der Waals surface area contributed by atoms with Crippen LogP contribution in [0.1, 0.15) is 27.0 Å². The lowest BCUT2D eigenvalue weighted by Crippen LogP contribution is -2.23. The van der Waals surface area contributed by atoms with Crippen molar-refractivity contribution in [3.8, 4) is 11.3 Å². The van der Waals surface area contributed by atoms with Crippen LogP contribution in [-0.2, 0) is 26.7 Å². The van der Waals surface area contributed by atoms with Gasteiger partial charge in [-0.2, -0.15) is 5.10 Å². The van der Waals surface area contributed by atoms with Crippen LogP contribution in [-0.4, -0.2) is 15.7 Å². The van der Waals surface area contributed by atoms with E-state index in [-0.39, 0.29) is 22.7 Å². The lowest BCUT2D eigenvalue weighted by atomic mass is 10.1. The molecule has 2 N–H and O–H groups in total. The van der Waals surface area contributed by atoms with Gasteiger partial charge < -0.3 is 10.6 Å². The van der Waals surface area contributed by atoms with Crippen LogP contribution in [0.4, 0.5) is 8.78 Å². The van der Waals surface area contributed by atoms with E-state index in [9.17, 15) is 13.6 Å². The molecule has 1 aromatic heterocycles. The van der Waals surface area contributed by atoms with Gasteiger partial charge in [0, 0.05) is 44.5 Å². The van der Waals surface area contributed by atoms with Crippen LogP contribution in [0.3, 0.4) is 0 Å². The molecule has 0 bridgehead atoms. The molecule has 1 aliphatic heterocycles. The summed E-state index contributed by atoms with van der Waals surface area (Å²) in [5.41, 5.74) is 4.01. The largest absolute Gasteiger partial charge is 0.348 e. The van der Waals surface area contributed by atoms with Gasteiger partial charge in [0.25, 0.3) is 5.91 Å². The topological polar surface area (TPSA) is 59.0 Å². The SMILES string of the molecule is Cn1cc(C(=O)NCc2ccc3c(c2)CNC3)c(-c2ccc(F)cc2F)n1. The second-order valence-electron chi connectivity index (χ2n) is 6.58. The smallest absolute Gasteiger partial charge is 0.255 e. The summed E-state index contributed by atoms with van der Waals surface area (Å²) in [5.74, 6) is -1.79. The number of carbonyl (C=O) groups excluding carboxylic acids is 1. The maximum Gasteiger partial charge on any atom is 0.255 e. The van der Waals surface area contributed by atoms with Crippen molar-refractivity contribution in [1.82, 2.24) is 20.4 Å². The Balaban J connectivity index is 1.55. The summed E-state index contributed by atoms with van der Waals surface area (Å²) < 4.78 is 28.8. The second kappa shape index (κ2) is 6.92. The predicted molar refractivity (Wildman–Crippen MR) is 96.7 cm³/mol. The Morgan fingerprint density at radius 1 is 1.19 bits per heavy atom. The van der Waals surface area contributed by atoms with E-state index in [0.717, 1.165) is 30.8 Å². The highest BCUT2D eigenvalue weighted by atomic mass is 19.1. The molecular formula is C20H18F2N4O. The van der Waals surface area contributed by atoms with E-state index in [2.05, 4.69) is 27.9 Å². The van der Waals surface area contributed by atoms with Crippen LogP contribution >= 0.6 is 0 Å². The van der Waals surface area contributed by atoms with Crippen molar-refractivity contribution in [1.29, 1.82) is 0 Å². The van der Waals surface area contributed by atoms with E-state index in [1.807, 2.05) is 6.07 Å². The molecule has 3 aromatic rings. The van der Waals surface area contributed by atoms with Crippen molar-refractivity contribution in [2.45, 2.75) is 19.6 Å². The molecule has 0 radical (unpaired) electrons. The van der Waals surface area contributed by atoms with E-state index < -0.39 is 11.6 Å². The molecule has 7 heteroatoms. The average Bonchev–Trinajstić information content (AvgIpc) is 3.25. The van der Waals surface area contributed by atoms with E-state index >= 15 is 0 Å². The van der Waals surface area contributed by atoms with Crippen molar-refractivity contribution < 1.29 is 13.6 Å². The van der Waals surface area contributed by atoms with Gasteiger partial charge in [0.15, 0.2) is 0 Å². The molecule has 0 spiro atoms. The summed E-state index contributed by atoms with van der Waals surface area (Å²) in [6.07, 6.45) is 1.53. The van der Waals surface area contributed by atoms with E-state index in [4.69, 9.17) is 0 Å². The van der Waals surface area contributed by atoms with Crippen LogP contribution in [0, 0.1) is 11.6 Å².